The number of para-hydroxylation sites is 1. The van der Waals surface area contributed by atoms with Crippen LogP contribution >= 0.6 is 0 Å². The Morgan fingerprint density at radius 2 is 1.94 bits per heavy atom. The summed E-state index contributed by atoms with van der Waals surface area (Å²) in [6.45, 7) is 3.30. The van der Waals surface area contributed by atoms with Crippen LogP contribution in [-0.4, -0.2) is 81.1 Å². The summed E-state index contributed by atoms with van der Waals surface area (Å²) < 4.78 is 0. The van der Waals surface area contributed by atoms with Gasteiger partial charge in [-0.3, -0.25) is 14.4 Å². The van der Waals surface area contributed by atoms with E-state index in [4.69, 9.17) is 5.73 Å². The standard InChI is InChI=1S/C25H35N5O6/c1-3-14(2)21(25(35)36)29-23(33)20-9-6-10-30(20)24(34)19(28-22(32)17(26)13-31)11-15-12-27-18-8-5-4-7-16(15)18/h4-5,7-8,12,14,17,19-21,27,31H,3,6,9-11,13,26H2,1-2H3,(H,28,32)(H,29,33)(H,35,36). The molecule has 1 fully saturated rings. The van der Waals surface area contributed by atoms with Crippen LogP contribution in [0.5, 0.6) is 0 Å². The number of aromatic amines is 1. The number of amides is 3. The quantitative estimate of drug-likeness (QED) is 0.253. The second-order valence-corrected chi connectivity index (χ2v) is 9.31. The van der Waals surface area contributed by atoms with Crippen molar-refractivity contribution >= 4 is 34.6 Å². The first-order chi connectivity index (χ1) is 17.2. The van der Waals surface area contributed by atoms with Gasteiger partial charge in [0.1, 0.15) is 24.2 Å². The van der Waals surface area contributed by atoms with E-state index in [1.807, 2.05) is 31.2 Å². The van der Waals surface area contributed by atoms with Gasteiger partial charge >= 0.3 is 5.97 Å². The minimum atomic E-state index is -1.20. The SMILES string of the molecule is CCC(C)C(NC(=O)C1CCCN1C(=O)C(Cc1c[nH]c2ccccc12)NC(=O)C(N)CO)C(=O)O. The molecule has 5 unspecified atom stereocenters. The Labute approximate surface area is 209 Å². The lowest BCUT2D eigenvalue weighted by Crippen LogP contribution is -2.58. The Morgan fingerprint density at radius 3 is 2.61 bits per heavy atom. The molecule has 11 heteroatoms. The first-order valence-electron chi connectivity index (χ1n) is 12.2. The van der Waals surface area contributed by atoms with E-state index in [1.54, 1.807) is 13.1 Å². The second-order valence-electron chi connectivity index (χ2n) is 9.31. The van der Waals surface area contributed by atoms with E-state index in [1.165, 1.54) is 4.90 Å². The van der Waals surface area contributed by atoms with Gasteiger partial charge in [-0.2, -0.15) is 0 Å². The first-order valence-corrected chi connectivity index (χ1v) is 12.2. The van der Waals surface area contributed by atoms with Gasteiger partial charge in [0.2, 0.25) is 17.7 Å². The van der Waals surface area contributed by atoms with Crippen molar-refractivity contribution < 1.29 is 29.4 Å². The monoisotopic (exact) mass is 501 g/mol. The molecule has 5 atom stereocenters. The third-order valence-electron chi connectivity index (χ3n) is 6.86. The number of hydrogen-bond acceptors (Lipinski definition) is 6. The van der Waals surface area contributed by atoms with Gasteiger partial charge in [-0.15, -0.1) is 0 Å². The third-order valence-corrected chi connectivity index (χ3v) is 6.86. The van der Waals surface area contributed by atoms with E-state index in [0.717, 1.165) is 16.5 Å². The molecule has 1 aliphatic rings. The fourth-order valence-electron chi connectivity index (χ4n) is 4.52. The van der Waals surface area contributed by atoms with Gasteiger partial charge in [0.05, 0.1) is 6.61 Å². The summed E-state index contributed by atoms with van der Waals surface area (Å²) in [5.74, 6) is -3.09. The number of carboxylic acids is 1. The van der Waals surface area contributed by atoms with Crippen LogP contribution in [-0.2, 0) is 25.6 Å². The lowest BCUT2D eigenvalue weighted by Gasteiger charge is -2.30. The molecule has 2 heterocycles. The summed E-state index contributed by atoms with van der Waals surface area (Å²) in [4.78, 5) is 55.5. The minimum Gasteiger partial charge on any atom is -0.480 e. The lowest BCUT2D eigenvalue weighted by atomic mass is 9.98. The molecule has 196 valence electrons. The predicted molar refractivity (Wildman–Crippen MR) is 133 cm³/mol. The molecule has 11 nitrogen and oxygen atoms in total. The molecule has 1 aliphatic heterocycles. The highest BCUT2D eigenvalue weighted by atomic mass is 16.4. The Morgan fingerprint density at radius 1 is 1.22 bits per heavy atom. The van der Waals surface area contributed by atoms with E-state index >= 15 is 0 Å². The van der Waals surface area contributed by atoms with Gasteiger partial charge in [0, 0.05) is 30.1 Å². The number of aromatic nitrogens is 1. The Bertz CT molecular complexity index is 1100. The fraction of sp³-hybridized carbons (Fsp3) is 0.520. The zero-order chi connectivity index (χ0) is 26.4. The second kappa shape index (κ2) is 12.0. The number of hydrogen-bond donors (Lipinski definition) is 6. The van der Waals surface area contributed by atoms with Crippen molar-refractivity contribution in [2.45, 2.75) is 63.7 Å². The molecule has 3 amide bonds. The number of carbonyl (C=O) groups excluding carboxylic acids is 3. The van der Waals surface area contributed by atoms with Crippen LogP contribution in [0.3, 0.4) is 0 Å². The normalized spacial score (nSPS) is 18.9. The molecule has 1 aromatic heterocycles. The molecule has 3 rings (SSSR count). The number of H-pyrrole nitrogens is 1. The minimum absolute atomic E-state index is 0.141. The average Bonchev–Trinajstić information content (AvgIpc) is 3.52. The number of benzene rings is 1. The summed E-state index contributed by atoms with van der Waals surface area (Å²) >= 11 is 0. The van der Waals surface area contributed by atoms with Crippen LogP contribution in [0.2, 0.25) is 0 Å². The van der Waals surface area contributed by atoms with Gasteiger partial charge in [0.15, 0.2) is 0 Å². The van der Waals surface area contributed by atoms with Crippen molar-refractivity contribution in [1.29, 1.82) is 0 Å². The zero-order valence-electron chi connectivity index (χ0n) is 20.6. The van der Waals surface area contributed by atoms with Crippen LogP contribution in [0.1, 0.15) is 38.7 Å². The number of nitrogens with zero attached hydrogens (tertiary/aromatic N) is 1. The maximum absolute atomic E-state index is 13.7. The molecule has 0 radical (unpaired) electrons. The number of aliphatic hydroxyl groups excluding tert-OH is 1. The summed E-state index contributed by atoms with van der Waals surface area (Å²) in [5.41, 5.74) is 7.34. The fourth-order valence-corrected chi connectivity index (χ4v) is 4.52. The van der Waals surface area contributed by atoms with Crippen LogP contribution < -0.4 is 16.4 Å². The molecular formula is C25H35N5O6. The van der Waals surface area contributed by atoms with E-state index in [9.17, 15) is 29.4 Å². The molecule has 0 saturated carbocycles. The molecule has 0 spiro atoms. The largest absolute Gasteiger partial charge is 0.480 e. The number of aliphatic carboxylic acids is 1. The smallest absolute Gasteiger partial charge is 0.326 e. The van der Waals surface area contributed by atoms with Gasteiger partial charge in [-0.05, 0) is 30.4 Å². The molecular weight excluding hydrogens is 466 g/mol. The number of carboxylic acid groups (broad SMARTS) is 1. The van der Waals surface area contributed by atoms with Crippen molar-refractivity contribution in [3.05, 3.63) is 36.0 Å². The lowest BCUT2D eigenvalue weighted by molar-refractivity contribution is -0.146. The number of nitrogens with two attached hydrogens (primary N) is 1. The van der Waals surface area contributed by atoms with Gasteiger partial charge < -0.3 is 36.5 Å². The summed E-state index contributed by atoms with van der Waals surface area (Å²) in [5, 5.41) is 25.0. The number of fused-ring (bicyclic) bond motifs is 1. The molecule has 7 N–H and O–H groups in total. The van der Waals surface area contributed by atoms with Crippen molar-refractivity contribution in [2.24, 2.45) is 11.7 Å². The first kappa shape index (κ1) is 27.2. The van der Waals surface area contributed by atoms with Gasteiger partial charge in [-0.25, -0.2) is 4.79 Å². The summed E-state index contributed by atoms with van der Waals surface area (Å²) in [6, 6.07) is 3.39. The Balaban J connectivity index is 1.84. The number of rotatable bonds is 11. The highest BCUT2D eigenvalue weighted by Gasteiger charge is 2.39. The molecule has 0 aliphatic carbocycles. The highest BCUT2D eigenvalue weighted by molar-refractivity contribution is 5.95. The van der Waals surface area contributed by atoms with Gasteiger partial charge in [0.25, 0.3) is 0 Å². The van der Waals surface area contributed by atoms with Crippen LogP contribution in [0.25, 0.3) is 10.9 Å². The van der Waals surface area contributed by atoms with Crippen LogP contribution in [0.15, 0.2) is 30.5 Å². The van der Waals surface area contributed by atoms with Crippen molar-refractivity contribution in [3.8, 4) is 0 Å². The zero-order valence-corrected chi connectivity index (χ0v) is 20.6. The maximum atomic E-state index is 13.7. The van der Waals surface area contributed by atoms with E-state index in [-0.39, 0.29) is 12.3 Å². The van der Waals surface area contributed by atoms with Crippen LogP contribution in [0.4, 0.5) is 0 Å². The van der Waals surface area contributed by atoms with Crippen molar-refractivity contribution in [1.82, 2.24) is 20.5 Å². The average molecular weight is 502 g/mol. The Hall–Kier alpha value is -3.44. The predicted octanol–water partition coefficient (Wildman–Crippen LogP) is 0.121. The van der Waals surface area contributed by atoms with Crippen molar-refractivity contribution in [2.75, 3.05) is 13.2 Å². The van der Waals surface area contributed by atoms with E-state index in [0.29, 0.717) is 25.8 Å². The van der Waals surface area contributed by atoms with E-state index < -0.39 is 54.5 Å². The molecule has 0 bridgehead atoms. The summed E-state index contributed by atoms with van der Waals surface area (Å²) in [6.07, 6.45) is 3.42. The molecule has 1 aromatic carbocycles. The molecule has 1 saturated heterocycles. The third kappa shape index (κ3) is 6.03. The van der Waals surface area contributed by atoms with Crippen LogP contribution in [0, 0.1) is 5.92 Å². The van der Waals surface area contributed by atoms with Crippen molar-refractivity contribution in [3.63, 3.8) is 0 Å². The topological polar surface area (TPSA) is 178 Å². The number of likely N-dealkylation sites (tertiary alicyclic amines) is 1. The molecule has 2 aromatic rings. The molecule has 36 heavy (non-hydrogen) atoms. The van der Waals surface area contributed by atoms with E-state index in [2.05, 4.69) is 15.6 Å². The maximum Gasteiger partial charge on any atom is 0.326 e. The number of carbonyl (C=O) groups is 4. The summed E-state index contributed by atoms with van der Waals surface area (Å²) in [7, 11) is 0. The number of nitrogens with one attached hydrogen (secondary N) is 3. The highest BCUT2D eigenvalue weighted by Crippen LogP contribution is 2.23. The number of aliphatic hydroxyl groups is 1. The Kier molecular flexibility index (Phi) is 9.05. The van der Waals surface area contributed by atoms with Gasteiger partial charge in [-0.1, -0.05) is 38.5 Å².